The van der Waals surface area contributed by atoms with Crippen molar-refractivity contribution < 1.29 is 19.1 Å². The molecule has 0 bridgehead atoms. The zero-order chi connectivity index (χ0) is 17.2. The first-order chi connectivity index (χ1) is 11.6. The third-order valence-corrected chi connectivity index (χ3v) is 4.71. The van der Waals surface area contributed by atoms with Crippen LogP contribution < -0.4 is 5.32 Å². The molecule has 0 radical (unpaired) electrons. The van der Waals surface area contributed by atoms with E-state index < -0.39 is 11.6 Å². The van der Waals surface area contributed by atoms with Gasteiger partial charge in [-0.15, -0.1) is 0 Å². The molecule has 1 N–H and O–H groups in total. The van der Waals surface area contributed by atoms with Crippen molar-refractivity contribution in [2.24, 2.45) is 0 Å². The van der Waals surface area contributed by atoms with Crippen LogP contribution in [0, 0.1) is 0 Å². The van der Waals surface area contributed by atoms with Crippen LogP contribution in [0.4, 0.5) is 4.79 Å². The summed E-state index contributed by atoms with van der Waals surface area (Å²) in [5.41, 5.74) is 0.800. The number of aryl methyl sites for hydroxylation is 1. The molecular formula is C18H22N2O4. The molecule has 2 fully saturated rings. The van der Waals surface area contributed by atoms with E-state index in [4.69, 9.17) is 4.74 Å². The van der Waals surface area contributed by atoms with Crippen LogP contribution in [-0.2, 0) is 16.0 Å². The van der Waals surface area contributed by atoms with E-state index in [9.17, 15) is 14.4 Å². The Morgan fingerprint density at radius 3 is 2.50 bits per heavy atom. The fourth-order valence-electron chi connectivity index (χ4n) is 3.26. The summed E-state index contributed by atoms with van der Waals surface area (Å²) in [6, 6.07) is 6.87. The molecule has 128 valence electrons. The number of carbonyl (C=O) groups excluding carboxylic acids is 3. The number of benzene rings is 1. The minimum Gasteiger partial charge on any atom is -0.381 e. The van der Waals surface area contributed by atoms with Gasteiger partial charge in [-0.25, -0.2) is 4.79 Å². The molecule has 2 aliphatic heterocycles. The van der Waals surface area contributed by atoms with Crippen molar-refractivity contribution in [1.29, 1.82) is 0 Å². The van der Waals surface area contributed by atoms with Gasteiger partial charge in [0.2, 0.25) is 0 Å². The fraction of sp³-hybridized carbons (Fsp3) is 0.500. The molecule has 0 saturated carbocycles. The second-order valence-corrected chi connectivity index (χ2v) is 6.39. The molecule has 0 aromatic heterocycles. The van der Waals surface area contributed by atoms with E-state index >= 15 is 0 Å². The second-order valence-electron chi connectivity index (χ2n) is 6.39. The number of hydrogen-bond donors (Lipinski definition) is 1. The van der Waals surface area contributed by atoms with E-state index in [0.717, 1.165) is 17.7 Å². The molecule has 0 unspecified atom stereocenters. The highest BCUT2D eigenvalue weighted by Gasteiger charge is 2.52. The SMILES string of the molecule is CCCc1ccc(C(=O)CN2C(=O)NC3(CCOCC3)C2=O)cc1. The predicted molar refractivity (Wildman–Crippen MR) is 87.8 cm³/mol. The van der Waals surface area contributed by atoms with Gasteiger partial charge in [-0.3, -0.25) is 14.5 Å². The number of ketones is 1. The van der Waals surface area contributed by atoms with Gasteiger partial charge in [0.1, 0.15) is 5.54 Å². The summed E-state index contributed by atoms with van der Waals surface area (Å²) in [6.45, 7) is 2.75. The quantitative estimate of drug-likeness (QED) is 0.661. The molecule has 2 saturated heterocycles. The standard InChI is InChI=1S/C18H22N2O4/c1-2-3-13-4-6-14(7-5-13)15(21)12-20-16(22)18(19-17(20)23)8-10-24-11-9-18/h4-7H,2-3,8-12H2,1H3,(H,19,23). The molecular weight excluding hydrogens is 308 g/mol. The monoisotopic (exact) mass is 330 g/mol. The normalized spacial score (nSPS) is 19.6. The van der Waals surface area contributed by atoms with Gasteiger partial charge >= 0.3 is 6.03 Å². The zero-order valence-corrected chi connectivity index (χ0v) is 13.8. The van der Waals surface area contributed by atoms with Crippen molar-refractivity contribution in [3.8, 4) is 0 Å². The number of imide groups is 1. The van der Waals surface area contributed by atoms with Crippen molar-refractivity contribution in [2.75, 3.05) is 19.8 Å². The van der Waals surface area contributed by atoms with Crippen molar-refractivity contribution >= 4 is 17.7 Å². The number of Topliss-reactive ketones (excluding diaryl/α,β-unsaturated/α-hetero) is 1. The Balaban J connectivity index is 1.69. The van der Waals surface area contributed by atoms with Crippen LogP contribution in [0.15, 0.2) is 24.3 Å². The Kier molecular flexibility index (Phi) is 4.66. The topological polar surface area (TPSA) is 75.7 Å². The Morgan fingerprint density at radius 1 is 1.21 bits per heavy atom. The maximum atomic E-state index is 12.6. The van der Waals surface area contributed by atoms with E-state index in [-0.39, 0.29) is 18.2 Å². The van der Waals surface area contributed by atoms with Gasteiger partial charge in [0.25, 0.3) is 5.91 Å². The third-order valence-electron chi connectivity index (χ3n) is 4.71. The number of nitrogens with one attached hydrogen (secondary N) is 1. The van der Waals surface area contributed by atoms with Gasteiger partial charge in [0.15, 0.2) is 5.78 Å². The number of nitrogens with zero attached hydrogens (tertiary/aromatic N) is 1. The van der Waals surface area contributed by atoms with Crippen LogP contribution in [0.5, 0.6) is 0 Å². The highest BCUT2D eigenvalue weighted by molar-refractivity contribution is 6.11. The van der Waals surface area contributed by atoms with Gasteiger partial charge in [-0.1, -0.05) is 37.6 Å². The molecule has 1 spiro atoms. The molecule has 1 aromatic rings. The number of rotatable bonds is 5. The second kappa shape index (κ2) is 6.73. The van der Waals surface area contributed by atoms with Gasteiger partial charge in [0, 0.05) is 31.6 Å². The molecule has 3 amide bonds. The summed E-state index contributed by atoms with van der Waals surface area (Å²) in [4.78, 5) is 38.3. The first-order valence-corrected chi connectivity index (χ1v) is 8.40. The molecule has 2 aliphatic rings. The average molecular weight is 330 g/mol. The maximum Gasteiger partial charge on any atom is 0.325 e. The number of amides is 3. The summed E-state index contributed by atoms with van der Waals surface area (Å²) >= 11 is 0. The van der Waals surface area contributed by atoms with Crippen molar-refractivity contribution in [1.82, 2.24) is 10.2 Å². The number of hydrogen-bond acceptors (Lipinski definition) is 4. The molecule has 1 aromatic carbocycles. The predicted octanol–water partition coefficient (Wildman–Crippen LogP) is 1.92. The molecule has 6 nitrogen and oxygen atoms in total. The Morgan fingerprint density at radius 2 is 1.88 bits per heavy atom. The lowest BCUT2D eigenvalue weighted by molar-refractivity contribution is -0.134. The third kappa shape index (κ3) is 3.06. The van der Waals surface area contributed by atoms with E-state index in [2.05, 4.69) is 12.2 Å². The van der Waals surface area contributed by atoms with Crippen LogP contribution >= 0.6 is 0 Å². The van der Waals surface area contributed by atoms with E-state index in [0.29, 0.717) is 31.6 Å². The lowest BCUT2D eigenvalue weighted by atomic mass is 9.90. The summed E-state index contributed by atoms with van der Waals surface area (Å²) in [5.74, 6) is -0.544. The molecule has 2 heterocycles. The Labute approximate surface area is 141 Å². The van der Waals surface area contributed by atoms with Crippen LogP contribution in [0.2, 0.25) is 0 Å². The number of carbonyl (C=O) groups is 3. The molecule has 0 aliphatic carbocycles. The fourth-order valence-corrected chi connectivity index (χ4v) is 3.26. The van der Waals surface area contributed by atoms with Crippen LogP contribution in [0.1, 0.15) is 42.1 Å². The van der Waals surface area contributed by atoms with E-state index in [1.165, 1.54) is 5.56 Å². The number of ether oxygens (including phenoxy) is 1. The van der Waals surface area contributed by atoms with Gasteiger partial charge in [0.05, 0.1) is 6.54 Å². The smallest absolute Gasteiger partial charge is 0.325 e. The minimum atomic E-state index is -0.888. The summed E-state index contributed by atoms with van der Waals surface area (Å²) in [6.07, 6.45) is 2.91. The molecule has 6 heteroatoms. The van der Waals surface area contributed by atoms with Crippen LogP contribution in [-0.4, -0.2) is 47.9 Å². The lowest BCUT2D eigenvalue weighted by Gasteiger charge is -2.30. The molecule has 3 rings (SSSR count). The van der Waals surface area contributed by atoms with Crippen molar-refractivity contribution in [3.63, 3.8) is 0 Å². The van der Waals surface area contributed by atoms with Gasteiger partial charge in [-0.05, 0) is 12.0 Å². The van der Waals surface area contributed by atoms with Crippen molar-refractivity contribution in [2.45, 2.75) is 38.1 Å². The first kappa shape index (κ1) is 16.6. The number of urea groups is 1. The first-order valence-electron chi connectivity index (χ1n) is 8.40. The highest BCUT2D eigenvalue weighted by Crippen LogP contribution is 2.28. The maximum absolute atomic E-state index is 12.6. The Bertz CT molecular complexity index is 647. The summed E-state index contributed by atoms with van der Waals surface area (Å²) < 4.78 is 5.27. The average Bonchev–Trinajstić information content (AvgIpc) is 2.80. The van der Waals surface area contributed by atoms with E-state index in [1.807, 2.05) is 12.1 Å². The minimum absolute atomic E-state index is 0.222. The van der Waals surface area contributed by atoms with Gasteiger partial charge in [-0.2, -0.15) is 0 Å². The zero-order valence-electron chi connectivity index (χ0n) is 13.8. The summed E-state index contributed by atoms with van der Waals surface area (Å²) in [5, 5.41) is 2.76. The van der Waals surface area contributed by atoms with Gasteiger partial charge < -0.3 is 10.1 Å². The molecule has 24 heavy (non-hydrogen) atoms. The van der Waals surface area contributed by atoms with Crippen LogP contribution in [0.3, 0.4) is 0 Å². The van der Waals surface area contributed by atoms with Crippen LogP contribution in [0.25, 0.3) is 0 Å². The summed E-state index contributed by atoms with van der Waals surface area (Å²) in [7, 11) is 0. The van der Waals surface area contributed by atoms with E-state index in [1.54, 1.807) is 12.1 Å². The Hall–Kier alpha value is -2.21. The largest absolute Gasteiger partial charge is 0.381 e. The van der Waals surface area contributed by atoms with Crippen molar-refractivity contribution in [3.05, 3.63) is 35.4 Å². The highest BCUT2D eigenvalue weighted by atomic mass is 16.5. The lowest BCUT2D eigenvalue weighted by Crippen LogP contribution is -2.51. The molecule has 0 atom stereocenters.